The van der Waals surface area contributed by atoms with Crippen molar-refractivity contribution in [1.29, 1.82) is 0 Å². The molecule has 2 aromatic heterocycles. The van der Waals surface area contributed by atoms with Crippen LogP contribution in [0.3, 0.4) is 0 Å². The lowest BCUT2D eigenvalue weighted by Gasteiger charge is -2.08. The van der Waals surface area contributed by atoms with Crippen molar-refractivity contribution in [3.63, 3.8) is 0 Å². The van der Waals surface area contributed by atoms with Gasteiger partial charge < -0.3 is 9.47 Å². The molecule has 4 aromatic rings. The molecule has 0 N–H and O–H groups in total. The zero-order valence-electron chi connectivity index (χ0n) is 15.4. The molecule has 0 atom stereocenters. The first kappa shape index (κ1) is 19.7. The van der Waals surface area contributed by atoms with Gasteiger partial charge >= 0.3 is 0 Å². The zero-order chi connectivity index (χ0) is 20.1. The van der Waals surface area contributed by atoms with E-state index in [9.17, 15) is 0 Å². The molecule has 0 saturated heterocycles. The quantitative estimate of drug-likeness (QED) is 0.365. The van der Waals surface area contributed by atoms with Gasteiger partial charge in [0, 0.05) is 16.2 Å². The average Bonchev–Trinajstić information content (AvgIpc) is 3.41. The standard InChI is InChI=1S/C19H16ClN5O2S2/c1-26-17-5-3-2-4-16(17)25-19(22-23-24-25)29-12-14-11-28-18(21-14)10-27-15-8-6-13(20)7-9-15/h2-9,11H,10,12H2,1H3. The van der Waals surface area contributed by atoms with Gasteiger partial charge in [0.2, 0.25) is 5.16 Å². The summed E-state index contributed by atoms with van der Waals surface area (Å²) < 4.78 is 12.8. The average molecular weight is 446 g/mol. The Balaban J connectivity index is 1.38. The fraction of sp³-hybridized carbons (Fsp3) is 0.158. The van der Waals surface area contributed by atoms with E-state index in [1.165, 1.54) is 11.8 Å². The molecule has 4 rings (SSSR count). The van der Waals surface area contributed by atoms with Crippen LogP contribution in [0.4, 0.5) is 0 Å². The molecule has 7 nitrogen and oxygen atoms in total. The minimum atomic E-state index is 0.413. The number of tetrazole rings is 1. The van der Waals surface area contributed by atoms with Gasteiger partial charge in [-0.25, -0.2) is 4.98 Å². The van der Waals surface area contributed by atoms with Gasteiger partial charge in [-0.2, -0.15) is 4.68 Å². The number of nitrogens with zero attached hydrogens (tertiary/aromatic N) is 5. The van der Waals surface area contributed by atoms with Crippen LogP contribution in [0.5, 0.6) is 11.5 Å². The first-order valence-corrected chi connectivity index (χ1v) is 10.8. The van der Waals surface area contributed by atoms with E-state index < -0.39 is 0 Å². The molecule has 10 heteroatoms. The highest BCUT2D eigenvalue weighted by Crippen LogP contribution is 2.28. The molecule has 0 aliphatic heterocycles. The first-order chi connectivity index (χ1) is 14.2. The van der Waals surface area contributed by atoms with Gasteiger partial charge in [-0.3, -0.25) is 0 Å². The predicted molar refractivity (Wildman–Crippen MR) is 113 cm³/mol. The van der Waals surface area contributed by atoms with Crippen molar-refractivity contribution < 1.29 is 9.47 Å². The third-order valence-corrected chi connectivity index (χ3v) is 5.95. The highest BCUT2D eigenvalue weighted by Gasteiger charge is 2.14. The summed E-state index contributed by atoms with van der Waals surface area (Å²) in [4.78, 5) is 4.62. The Hall–Kier alpha value is -2.62. The third kappa shape index (κ3) is 4.87. The molecule has 0 unspecified atom stereocenters. The molecule has 0 amide bonds. The van der Waals surface area contributed by atoms with Crippen molar-refractivity contribution in [2.75, 3.05) is 7.11 Å². The molecule has 0 fully saturated rings. The van der Waals surface area contributed by atoms with Crippen molar-refractivity contribution >= 4 is 34.7 Å². The van der Waals surface area contributed by atoms with Crippen molar-refractivity contribution in [2.45, 2.75) is 17.5 Å². The number of hydrogen-bond acceptors (Lipinski definition) is 8. The smallest absolute Gasteiger partial charge is 0.214 e. The minimum absolute atomic E-state index is 0.413. The number of hydrogen-bond donors (Lipinski definition) is 0. The Labute approximate surface area is 180 Å². The van der Waals surface area contributed by atoms with Gasteiger partial charge in [0.1, 0.15) is 28.8 Å². The number of thiazole rings is 1. The van der Waals surface area contributed by atoms with Gasteiger partial charge in [0.05, 0.1) is 12.8 Å². The van der Waals surface area contributed by atoms with Crippen LogP contribution in [0.15, 0.2) is 59.1 Å². The lowest BCUT2D eigenvalue weighted by Crippen LogP contribution is -2.02. The van der Waals surface area contributed by atoms with Gasteiger partial charge in [-0.05, 0) is 46.8 Å². The number of halogens is 1. The van der Waals surface area contributed by atoms with Crippen LogP contribution in [-0.2, 0) is 12.4 Å². The summed E-state index contributed by atoms with van der Waals surface area (Å²) in [6.45, 7) is 0.413. The van der Waals surface area contributed by atoms with Crippen LogP contribution in [0.2, 0.25) is 5.02 Å². The predicted octanol–water partition coefficient (Wildman–Crippen LogP) is 4.65. The van der Waals surface area contributed by atoms with Crippen molar-refractivity contribution in [3.05, 3.63) is 69.6 Å². The molecule has 29 heavy (non-hydrogen) atoms. The highest BCUT2D eigenvalue weighted by molar-refractivity contribution is 7.98. The summed E-state index contributed by atoms with van der Waals surface area (Å²) >= 11 is 8.96. The molecular weight excluding hydrogens is 430 g/mol. The maximum absolute atomic E-state index is 5.89. The van der Waals surface area contributed by atoms with Crippen molar-refractivity contribution in [3.8, 4) is 17.2 Å². The molecule has 2 aromatic carbocycles. The maximum atomic E-state index is 5.89. The van der Waals surface area contributed by atoms with Crippen LogP contribution in [0.1, 0.15) is 10.7 Å². The first-order valence-electron chi connectivity index (χ1n) is 8.59. The normalized spacial score (nSPS) is 10.8. The SMILES string of the molecule is COc1ccccc1-n1nnnc1SCc1csc(COc2ccc(Cl)cc2)n1. The molecule has 2 heterocycles. The Morgan fingerprint density at radius 2 is 1.97 bits per heavy atom. The van der Waals surface area contributed by atoms with Crippen LogP contribution in [0.25, 0.3) is 5.69 Å². The summed E-state index contributed by atoms with van der Waals surface area (Å²) in [5, 5.41) is 16.3. The Bertz CT molecular complexity index is 1080. The molecular formula is C19H16ClN5O2S2. The second-order valence-corrected chi connectivity index (χ2v) is 8.13. The fourth-order valence-corrected chi connectivity index (χ4v) is 4.23. The van der Waals surface area contributed by atoms with Crippen LogP contribution in [0, 0.1) is 0 Å². The van der Waals surface area contributed by atoms with E-state index in [2.05, 4.69) is 20.5 Å². The summed E-state index contributed by atoms with van der Waals surface area (Å²) in [7, 11) is 1.62. The van der Waals surface area contributed by atoms with Gasteiger partial charge in [0.25, 0.3) is 0 Å². The number of benzene rings is 2. The summed E-state index contributed by atoms with van der Waals surface area (Å²) in [6, 6.07) is 14.9. The Morgan fingerprint density at radius 3 is 2.79 bits per heavy atom. The van der Waals surface area contributed by atoms with Crippen LogP contribution < -0.4 is 9.47 Å². The number of methoxy groups -OCH3 is 1. The monoisotopic (exact) mass is 445 g/mol. The van der Waals surface area contributed by atoms with E-state index in [0.717, 1.165) is 22.1 Å². The topological polar surface area (TPSA) is 75.0 Å². The van der Waals surface area contributed by atoms with Crippen molar-refractivity contribution in [1.82, 2.24) is 25.2 Å². The fourth-order valence-electron chi connectivity index (χ4n) is 2.52. The second-order valence-electron chi connectivity index (χ2n) is 5.81. The largest absolute Gasteiger partial charge is 0.494 e. The molecule has 0 aliphatic rings. The second kappa shape index (κ2) is 9.25. The third-order valence-electron chi connectivity index (χ3n) is 3.88. The molecule has 0 spiro atoms. The number of thioether (sulfide) groups is 1. The van der Waals surface area contributed by atoms with Gasteiger partial charge in [-0.1, -0.05) is 35.5 Å². The Morgan fingerprint density at radius 1 is 1.14 bits per heavy atom. The lowest BCUT2D eigenvalue weighted by atomic mass is 10.3. The highest BCUT2D eigenvalue weighted by atomic mass is 35.5. The minimum Gasteiger partial charge on any atom is -0.494 e. The van der Waals surface area contributed by atoms with E-state index >= 15 is 0 Å². The van der Waals surface area contributed by atoms with E-state index in [1.54, 1.807) is 35.3 Å². The summed E-state index contributed by atoms with van der Waals surface area (Å²) in [5.41, 5.74) is 1.74. The lowest BCUT2D eigenvalue weighted by molar-refractivity contribution is 0.305. The molecule has 0 bridgehead atoms. The Kier molecular flexibility index (Phi) is 6.28. The van der Waals surface area contributed by atoms with Crippen LogP contribution in [-0.4, -0.2) is 32.3 Å². The van der Waals surface area contributed by atoms with Crippen molar-refractivity contribution in [2.24, 2.45) is 0 Å². The molecule has 0 saturated carbocycles. The van der Waals surface area contributed by atoms with E-state index in [-0.39, 0.29) is 0 Å². The van der Waals surface area contributed by atoms with E-state index in [1.807, 2.05) is 41.8 Å². The number of ether oxygens (including phenoxy) is 2. The van der Waals surface area contributed by atoms with E-state index in [4.69, 9.17) is 21.1 Å². The van der Waals surface area contributed by atoms with Gasteiger partial charge in [0.15, 0.2) is 0 Å². The molecule has 148 valence electrons. The maximum Gasteiger partial charge on any atom is 0.214 e. The van der Waals surface area contributed by atoms with Gasteiger partial charge in [-0.15, -0.1) is 16.4 Å². The molecule has 0 aliphatic carbocycles. The number of para-hydroxylation sites is 2. The number of rotatable bonds is 8. The zero-order valence-corrected chi connectivity index (χ0v) is 17.7. The molecule has 0 radical (unpaired) electrons. The summed E-state index contributed by atoms with van der Waals surface area (Å²) in [6.07, 6.45) is 0. The number of aromatic nitrogens is 5. The van der Waals surface area contributed by atoms with Crippen LogP contribution >= 0.6 is 34.7 Å². The van der Waals surface area contributed by atoms with E-state index in [0.29, 0.717) is 28.3 Å². The summed E-state index contributed by atoms with van der Waals surface area (Å²) in [5.74, 6) is 2.11.